The lowest BCUT2D eigenvalue weighted by molar-refractivity contribution is 0.669. The molecule has 0 N–H and O–H groups in total. The maximum Gasteiger partial charge on any atom is 0.136 e. The van der Waals surface area contributed by atoms with Crippen LogP contribution in [-0.2, 0) is 0 Å². The van der Waals surface area contributed by atoms with E-state index >= 15 is 0 Å². The van der Waals surface area contributed by atoms with Crippen LogP contribution in [0.25, 0.3) is 70.0 Å². The second kappa shape index (κ2) is 7.08. The molecule has 0 amide bonds. The van der Waals surface area contributed by atoms with Crippen molar-refractivity contribution in [3.05, 3.63) is 115 Å². The van der Waals surface area contributed by atoms with E-state index < -0.39 is 0 Å². The van der Waals surface area contributed by atoms with Gasteiger partial charge in [-0.15, -0.1) is 11.3 Å². The minimum absolute atomic E-state index is 0.928. The number of thiophene rings is 1. The molecule has 3 aromatic heterocycles. The van der Waals surface area contributed by atoms with Gasteiger partial charge in [0.05, 0.1) is 15.7 Å². The number of rotatable bonds is 2. The van der Waals surface area contributed by atoms with Crippen molar-refractivity contribution in [2.45, 2.75) is 0 Å². The van der Waals surface area contributed by atoms with Crippen molar-refractivity contribution in [2.75, 3.05) is 0 Å². The van der Waals surface area contributed by atoms with Gasteiger partial charge in [0.15, 0.2) is 0 Å². The van der Waals surface area contributed by atoms with E-state index in [1.165, 1.54) is 48.0 Å². The average molecular weight is 466 g/mol. The zero-order valence-corrected chi connectivity index (χ0v) is 19.5. The van der Waals surface area contributed by atoms with Crippen molar-refractivity contribution in [2.24, 2.45) is 0 Å². The van der Waals surface area contributed by atoms with Crippen molar-refractivity contribution in [1.29, 1.82) is 0 Å². The molecule has 5 aromatic carbocycles. The van der Waals surface area contributed by atoms with Gasteiger partial charge in [0.1, 0.15) is 11.2 Å². The Morgan fingerprint density at radius 2 is 1.26 bits per heavy atom. The van der Waals surface area contributed by atoms with Crippen LogP contribution in [0, 0.1) is 0 Å². The molecule has 35 heavy (non-hydrogen) atoms. The van der Waals surface area contributed by atoms with Gasteiger partial charge in [0, 0.05) is 31.9 Å². The van der Waals surface area contributed by atoms with Gasteiger partial charge in [-0.3, -0.25) is 0 Å². The zero-order chi connectivity index (χ0) is 22.9. The molecule has 0 saturated heterocycles. The summed E-state index contributed by atoms with van der Waals surface area (Å²) in [6, 6.07) is 41.0. The number of hydrogen-bond acceptors (Lipinski definition) is 2. The number of hydrogen-bond donors (Lipinski definition) is 0. The minimum Gasteiger partial charge on any atom is -0.456 e. The van der Waals surface area contributed by atoms with E-state index in [0.29, 0.717) is 0 Å². The number of furan rings is 1. The summed E-state index contributed by atoms with van der Waals surface area (Å²) in [7, 11) is 0. The first-order chi connectivity index (χ1) is 17.3. The van der Waals surface area contributed by atoms with Crippen molar-refractivity contribution < 1.29 is 4.42 Å². The Morgan fingerprint density at radius 1 is 0.543 bits per heavy atom. The van der Waals surface area contributed by atoms with E-state index in [4.69, 9.17) is 4.42 Å². The van der Waals surface area contributed by atoms with Crippen LogP contribution in [-0.4, -0.2) is 4.57 Å². The van der Waals surface area contributed by atoms with Crippen molar-refractivity contribution in [3.63, 3.8) is 0 Å². The second-order valence-electron chi connectivity index (χ2n) is 8.99. The smallest absolute Gasteiger partial charge is 0.136 e. The van der Waals surface area contributed by atoms with Crippen LogP contribution in [0.5, 0.6) is 0 Å². The lowest BCUT2D eigenvalue weighted by atomic mass is 10.0. The number of benzene rings is 5. The predicted octanol–water partition coefficient (Wildman–Crippen LogP) is 9.56. The fraction of sp³-hybridized carbons (Fsp3) is 0. The highest BCUT2D eigenvalue weighted by atomic mass is 32.1. The zero-order valence-electron chi connectivity index (χ0n) is 18.7. The Kier molecular flexibility index (Phi) is 3.85. The molecule has 0 atom stereocenters. The summed E-state index contributed by atoms with van der Waals surface area (Å²) < 4.78 is 11.2. The van der Waals surface area contributed by atoms with Gasteiger partial charge in [-0.1, -0.05) is 66.7 Å². The Balaban J connectivity index is 1.41. The normalized spacial score (nSPS) is 12.0. The molecular formula is C32H19NOS. The molecule has 8 rings (SSSR count). The highest BCUT2D eigenvalue weighted by Gasteiger charge is 2.18. The van der Waals surface area contributed by atoms with Gasteiger partial charge in [0.25, 0.3) is 0 Å². The lowest BCUT2D eigenvalue weighted by Gasteiger charge is -2.08. The standard InChI is InChI=1S/C32H19NOS/c1-2-8-22(9-3-1)33-27-12-6-4-11-25(27)32-31(33)26-18-20(15-17-30(26)35-32)21-14-16-24-23-10-5-7-13-28(23)34-29(24)19-21/h1-19H. The van der Waals surface area contributed by atoms with E-state index in [2.05, 4.69) is 108 Å². The van der Waals surface area contributed by atoms with Gasteiger partial charge in [0.2, 0.25) is 0 Å². The second-order valence-corrected chi connectivity index (χ2v) is 10.0. The van der Waals surface area contributed by atoms with Gasteiger partial charge in [-0.25, -0.2) is 0 Å². The molecule has 3 heteroatoms. The van der Waals surface area contributed by atoms with Gasteiger partial charge in [-0.2, -0.15) is 0 Å². The van der Waals surface area contributed by atoms with Crippen LogP contribution in [0.2, 0.25) is 0 Å². The molecule has 0 aliphatic heterocycles. The third-order valence-electron chi connectivity index (χ3n) is 7.00. The first-order valence-corrected chi connectivity index (χ1v) is 12.6. The van der Waals surface area contributed by atoms with Crippen LogP contribution in [0.15, 0.2) is 120 Å². The molecule has 0 aliphatic carbocycles. The molecule has 0 spiro atoms. The van der Waals surface area contributed by atoms with Crippen LogP contribution >= 0.6 is 11.3 Å². The molecule has 3 heterocycles. The summed E-state index contributed by atoms with van der Waals surface area (Å²) in [5, 5.41) is 4.91. The Hall–Kier alpha value is -4.34. The molecule has 2 nitrogen and oxygen atoms in total. The Bertz CT molecular complexity index is 2060. The Labute approximate surface area is 205 Å². The SMILES string of the molecule is c1ccc(-n2c3ccccc3c3sc4ccc(-c5ccc6c(c5)oc5ccccc56)cc4c32)cc1. The predicted molar refractivity (Wildman–Crippen MR) is 149 cm³/mol. The maximum absolute atomic E-state index is 6.17. The first kappa shape index (κ1) is 19.0. The van der Waals surface area contributed by atoms with E-state index in [-0.39, 0.29) is 0 Å². The highest BCUT2D eigenvalue weighted by molar-refractivity contribution is 7.26. The summed E-state index contributed by atoms with van der Waals surface area (Å²) in [4.78, 5) is 0. The van der Waals surface area contributed by atoms with Crippen LogP contribution in [0.1, 0.15) is 0 Å². The summed E-state index contributed by atoms with van der Waals surface area (Å²) in [5.74, 6) is 0. The monoisotopic (exact) mass is 465 g/mol. The number of fused-ring (bicyclic) bond motifs is 8. The topological polar surface area (TPSA) is 18.1 Å². The summed E-state index contributed by atoms with van der Waals surface area (Å²) in [6.45, 7) is 0. The molecule has 0 unspecified atom stereocenters. The Morgan fingerprint density at radius 3 is 2.17 bits per heavy atom. The van der Waals surface area contributed by atoms with Gasteiger partial charge in [-0.05, 0) is 59.7 Å². The van der Waals surface area contributed by atoms with E-state index in [1.54, 1.807) is 0 Å². The van der Waals surface area contributed by atoms with Crippen molar-refractivity contribution >= 4 is 64.5 Å². The molecule has 0 bridgehead atoms. The van der Waals surface area contributed by atoms with E-state index in [9.17, 15) is 0 Å². The molecule has 0 saturated carbocycles. The quantitative estimate of drug-likeness (QED) is 0.248. The average Bonchev–Trinajstić information content (AvgIpc) is 3.57. The van der Waals surface area contributed by atoms with E-state index in [1.807, 2.05) is 23.5 Å². The molecule has 8 aromatic rings. The maximum atomic E-state index is 6.17. The molecule has 0 aliphatic rings. The number of para-hydroxylation sites is 3. The van der Waals surface area contributed by atoms with Crippen LogP contribution in [0.3, 0.4) is 0 Å². The first-order valence-electron chi connectivity index (χ1n) is 11.8. The minimum atomic E-state index is 0.928. The highest BCUT2D eigenvalue weighted by Crippen LogP contribution is 2.43. The van der Waals surface area contributed by atoms with Gasteiger partial charge >= 0.3 is 0 Å². The summed E-state index contributed by atoms with van der Waals surface area (Å²) >= 11 is 1.88. The van der Waals surface area contributed by atoms with Crippen molar-refractivity contribution in [3.8, 4) is 16.8 Å². The lowest BCUT2D eigenvalue weighted by Crippen LogP contribution is -1.92. The summed E-state index contributed by atoms with van der Waals surface area (Å²) in [5.41, 5.74) is 7.94. The van der Waals surface area contributed by atoms with E-state index in [0.717, 1.165) is 21.9 Å². The molecule has 0 radical (unpaired) electrons. The van der Waals surface area contributed by atoms with Gasteiger partial charge < -0.3 is 8.98 Å². The fourth-order valence-electron chi connectivity index (χ4n) is 5.40. The largest absolute Gasteiger partial charge is 0.456 e. The van der Waals surface area contributed by atoms with Crippen molar-refractivity contribution in [1.82, 2.24) is 4.57 Å². The molecule has 164 valence electrons. The van der Waals surface area contributed by atoms with Crippen LogP contribution in [0.4, 0.5) is 0 Å². The third-order valence-corrected chi connectivity index (χ3v) is 8.19. The number of aromatic nitrogens is 1. The fourth-order valence-corrected chi connectivity index (χ4v) is 6.60. The van der Waals surface area contributed by atoms with Crippen LogP contribution < -0.4 is 0 Å². The summed E-state index contributed by atoms with van der Waals surface area (Å²) in [6.07, 6.45) is 0. The molecule has 0 fully saturated rings. The molecular weight excluding hydrogens is 446 g/mol. The number of nitrogens with zero attached hydrogens (tertiary/aromatic N) is 1. The third kappa shape index (κ3) is 2.70.